The smallest absolute Gasteiger partial charge is 0.396 e. The van der Waals surface area contributed by atoms with Crippen LogP contribution in [0, 0.1) is 13.8 Å². The van der Waals surface area contributed by atoms with Gasteiger partial charge in [-0.05, 0) is 43.5 Å². The Morgan fingerprint density at radius 3 is 2.29 bits per heavy atom. The molecule has 1 aromatic heterocycles. The molecule has 0 amide bonds. The first kappa shape index (κ1) is 18.0. The molecule has 1 heterocycles. The zero-order valence-corrected chi connectivity index (χ0v) is 13.4. The number of anilines is 3. The van der Waals surface area contributed by atoms with Crippen LogP contribution in [-0.4, -0.2) is 28.2 Å². The number of halogens is 3. The third kappa shape index (κ3) is 5.09. The lowest BCUT2D eigenvalue weighted by Gasteiger charge is -2.13. The minimum Gasteiger partial charge on any atom is -0.396 e. The Balaban J connectivity index is 2.31. The first-order valence-corrected chi connectivity index (χ1v) is 7.44. The van der Waals surface area contributed by atoms with Gasteiger partial charge in [-0.2, -0.15) is 18.2 Å². The van der Waals surface area contributed by atoms with Crippen LogP contribution in [-0.2, 0) is 6.18 Å². The number of aryl methyl sites for hydroxylation is 2. The Kier molecular flexibility index (Phi) is 5.61. The van der Waals surface area contributed by atoms with Crippen LogP contribution in [0.25, 0.3) is 0 Å². The third-order valence-corrected chi connectivity index (χ3v) is 3.13. The van der Waals surface area contributed by atoms with Gasteiger partial charge in [0.15, 0.2) is 5.69 Å². The summed E-state index contributed by atoms with van der Waals surface area (Å²) in [5.41, 5.74) is 1.60. The van der Waals surface area contributed by atoms with Crippen LogP contribution in [0.1, 0.15) is 23.2 Å². The molecule has 0 unspecified atom stereocenters. The molecule has 8 heteroatoms. The van der Waals surface area contributed by atoms with Gasteiger partial charge in [0.1, 0.15) is 5.82 Å². The molecule has 3 N–H and O–H groups in total. The summed E-state index contributed by atoms with van der Waals surface area (Å²) in [4.78, 5) is 7.54. The minimum atomic E-state index is -4.57. The van der Waals surface area contributed by atoms with Gasteiger partial charge < -0.3 is 15.7 Å². The maximum atomic E-state index is 13.0. The molecule has 0 spiro atoms. The molecule has 0 saturated carbocycles. The van der Waals surface area contributed by atoms with Gasteiger partial charge in [0, 0.05) is 24.9 Å². The second kappa shape index (κ2) is 7.48. The normalized spacial score (nSPS) is 11.4. The van der Waals surface area contributed by atoms with Gasteiger partial charge in [-0.15, -0.1) is 0 Å². The van der Waals surface area contributed by atoms with Crippen LogP contribution in [0.15, 0.2) is 24.3 Å². The van der Waals surface area contributed by atoms with E-state index in [9.17, 15) is 13.2 Å². The fourth-order valence-corrected chi connectivity index (χ4v) is 2.21. The van der Waals surface area contributed by atoms with E-state index in [1.54, 1.807) is 0 Å². The van der Waals surface area contributed by atoms with Crippen molar-refractivity contribution in [3.05, 3.63) is 41.1 Å². The molecule has 24 heavy (non-hydrogen) atoms. The number of alkyl halides is 3. The largest absolute Gasteiger partial charge is 0.433 e. The van der Waals surface area contributed by atoms with Gasteiger partial charge in [0.25, 0.3) is 0 Å². The van der Waals surface area contributed by atoms with E-state index in [-0.39, 0.29) is 24.9 Å². The van der Waals surface area contributed by atoms with Crippen molar-refractivity contribution in [2.45, 2.75) is 26.4 Å². The maximum absolute atomic E-state index is 13.0. The highest BCUT2D eigenvalue weighted by Crippen LogP contribution is 2.30. The molecule has 0 fully saturated rings. The molecule has 0 aliphatic carbocycles. The highest BCUT2D eigenvalue weighted by Gasteiger charge is 2.33. The van der Waals surface area contributed by atoms with E-state index < -0.39 is 11.9 Å². The number of aliphatic hydroxyl groups excluding tert-OH is 1. The van der Waals surface area contributed by atoms with Crippen molar-refractivity contribution in [2.24, 2.45) is 0 Å². The Bertz CT molecular complexity index is 684. The van der Waals surface area contributed by atoms with Crippen LogP contribution in [0.3, 0.4) is 0 Å². The van der Waals surface area contributed by atoms with Gasteiger partial charge in [-0.25, -0.2) is 4.98 Å². The van der Waals surface area contributed by atoms with E-state index in [0.717, 1.165) is 17.2 Å². The number of nitrogens with zero attached hydrogens (tertiary/aromatic N) is 2. The highest BCUT2D eigenvalue weighted by atomic mass is 19.4. The summed E-state index contributed by atoms with van der Waals surface area (Å²) in [5.74, 6) is -0.0843. The standard InChI is InChI=1S/C16H19F3N4O/c1-10-6-11(2)8-12(7-10)21-14-9-13(16(17,18)19)22-15(23-14)20-4-3-5-24/h6-9,24H,3-5H2,1-2H3,(H2,20,21,22,23). The van der Waals surface area contributed by atoms with Crippen molar-refractivity contribution in [2.75, 3.05) is 23.8 Å². The average Bonchev–Trinajstić information content (AvgIpc) is 2.45. The Morgan fingerprint density at radius 2 is 1.71 bits per heavy atom. The molecule has 0 bridgehead atoms. The lowest BCUT2D eigenvalue weighted by atomic mass is 10.1. The number of rotatable bonds is 6. The van der Waals surface area contributed by atoms with Crippen molar-refractivity contribution in [3.63, 3.8) is 0 Å². The van der Waals surface area contributed by atoms with Gasteiger partial charge in [0.2, 0.25) is 5.95 Å². The summed E-state index contributed by atoms with van der Waals surface area (Å²) in [6.07, 6.45) is -4.19. The Morgan fingerprint density at radius 1 is 1.04 bits per heavy atom. The third-order valence-electron chi connectivity index (χ3n) is 3.13. The molecule has 1 aromatic carbocycles. The quantitative estimate of drug-likeness (QED) is 0.700. The number of nitrogens with one attached hydrogen (secondary N) is 2. The van der Waals surface area contributed by atoms with Crippen LogP contribution < -0.4 is 10.6 Å². The van der Waals surface area contributed by atoms with E-state index in [2.05, 4.69) is 20.6 Å². The number of benzene rings is 1. The van der Waals surface area contributed by atoms with Crippen molar-refractivity contribution in [1.29, 1.82) is 0 Å². The summed E-state index contributed by atoms with van der Waals surface area (Å²) in [7, 11) is 0. The average molecular weight is 340 g/mol. The molecule has 5 nitrogen and oxygen atoms in total. The number of hydrogen-bond donors (Lipinski definition) is 3. The van der Waals surface area contributed by atoms with Gasteiger partial charge in [0.05, 0.1) is 0 Å². The van der Waals surface area contributed by atoms with Gasteiger partial charge >= 0.3 is 6.18 Å². The number of aliphatic hydroxyl groups is 1. The van der Waals surface area contributed by atoms with Gasteiger partial charge in [-0.3, -0.25) is 0 Å². The first-order valence-electron chi connectivity index (χ1n) is 7.44. The molecule has 0 aliphatic rings. The van der Waals surface area contributed by atoms with Crippen molar-refractivity contribution >= 4 is 17.5 Å². The van der Waals surface area contributed by atoms with Crippen molar-refractivity contribution < 1.29 is 18.3 Å². The zero-order valence-electron chi connectivity index (χ0n) is 13.4. The van der Waals surface area contributed by atoms with E-state index in [1.165, 1.54) is 0 Å². The van der Waals surface area contributed by atoms with Crippen LogP contribution in [0.5, 0.6) is 0 Å². The first-order chi connectivity index (χ1) is 11.3. The van der Waals surface area contributed by atoms with Crippen LogP contribution in [0.2, 0.25) is 0 Å². The lowest BCUT2D eigenvalue weighted by Crippen LogP contribution is -2.14. The van der Waals surface area contributed by atoms with E-state index in [0.29, 0.717) is 12.1 Å². The zero-order chi connectivity index (χ0) is 17.7. The molecule has 2 rings (SSSR count). The lowest BCUT2D eigenvalue weighted by molar-refractivity contribution is -0.141. The van der Waals surface area contributed by atoms with E-state index in [1.807, 2.05) is 32.0 Å². The number of aromatic nitrogens is 2. The molecule has 0 atom stereocenters. The van der Waals surface area contributed by atoms with Gasteiger partial charge in [-0.1, -0.05) is 6.07 Å². The molecular formula is C16H19F3N4O. The molecule has 2 aromatic rings. The van der Waals surface area contributed by atoms with Crippen LogP contribution >= 0.6 is 0 Å². The summed E-state index contributed by atoms with van der Waals surface area (Å²) >= 11 is 0. The molecular weight excluding hydrogens is 321 g/mol. The second-order valence-corrected chi connectivity index (χ2v) is 5.47. The molecule has 0 radical (unpaired) electrons. The highest BCUT2D eigenvalue weighted by molar-refractivity contribution is 5.59. The molecule has 0 saturated heterocycles. The summed E-state index contributed by atoms with van der Waals surface area (Å²) in [6, 6.07) is 6.48. The molecule has 130 valence electrons. The Hall–Kier alpha value is -2.35. The van der Waals surface area contributed by atoms with E-state index >= 15 is 0 Å². The number of hydrogen-bond acceptors (Lipinski definition) is 5. The summed E-state index contributed by atoms with van der Waals surface area (Å²) < 4.78 is 39.1. The maximum Gasteiger partial charge on any atom is 0.433 e. The fraction of sp³-hybridized carbons (Fsp3) is 0.375. The summed E-state index contributed by atoms with van der Waals surface area (Å²) in [6.45, 7) is 4.02. The predicted octanol–water partition coefficient (Wildman–Crippen LogP) is 3.65. The van der Waals surface area contributed by atoms with Crippen LogP contribution in [0.4, 0.5) is 30.6 Å². The fourth-order valence-electron chi connectivity index (χ4n) is 2.21. The predicted molar refractivity (Wildman–Crippen MR) is 86.4 cm³/mol. The SMILES string of the molecule is Cc1cc(C)cc(Nc2cc(C(F)(F)F)nc(NCCCO)n2)c1. The Labute approximate surface area is 138 Å². The topological polar surface area (TPSA) is 70.1 Å². The summed E-state index contributed by atoms with van der Waals surface area (Å²) in [5, 5.41) is 14.3. The molecule has 0 aliphatic heterocycles. The van der Waals surface area contributed by atoms with Crippen molar-refractivity contribution in [1.82, 2.24) is 9.97 Å². The monoisotopic (exact) mass is 340 g/mol. The van der Waals surface area contributed by atoms with E-state index in [4.69, 9.17) is 5.11 Å². The van der Waals surface area contributed by atoms with Crippen molar-refractivity contribution in [3.8, 4) is 0 Å². The second-order valence-electron chi connectivity index (χ2n) is 5.47. The minimum absolute atomic E-state index is 0.0498.